The molecule has 60 valence electrons. The summed E-state index contributed by atoms with van der Waals surface area (Å²) in [5.41, 5.74) is 0.435. The fraction of sp³-hybridized carbons (Fsp3) is 0.125. The van der Waals surface area contributed by atoms with Crippen LogP contribution in [0.1, 0.15) is 10.4 Å². The van der Waals surface area contributed by atoms with E-state index in [9.17, 15) is 9.18 Å². The number of hydrogen-bond acceptors (Lipinski definition) is 1. The number of carbonyl (C=O) groups is 1. The number of ketones is 1. The van der Waals surface area contributed by atoms with E-state index in [0.717, 1.165) is 0 Å². The normalized spacial score (nSPS) is 8.45. The Morgan fingerprint density at radius 3 is 2.27 bits per heavy atom. The molecule has 0 spiro atoms. The van der Waals surface area contributed by atoms with Gasteiger partial charge in [0.1, 0.15) is 0 Å². The number of carbonyl (C=O) groups excluding carboxylic acids is 1. The van der Waals surface area contributed by atoms with Crippen LogP contribution in [0.5, 0.6) is 0 Å². The summed E-state index contributed by atoms with van der Waals surface area (Å²) < 4.78 is 11.7. The molecule has 0 saturated carbocycles. The van der Waals surface area contributed by atoms with Crippen LogP contribution in [0.4, 0.5) is 4.39 Å². The van der Waals surface area contributed by atoms with Crippen LogP contribution in [0.15, 0.2) is 30.3 Å². The highest BCUT2D eigenvalue weighted by Crippen LogP contribution is 1.99. The molecule has 0 N–H and O–H groups in total. The number of halogens is 2. The lowest BCUT2D eigenvalue weighted by Crippen LogP contribution is -1.99. The van der Waals surface area contributed by atoms with Gasteiger partial charge in [0.05, 0.1) is 0 Å². The van der Waals surface area contributed by atoms with Crippen LogP contribution in [-0.2, 0) is 0 Å². The summed E-state index contributed by atoms with van der Waals surface area (Å²) in [6, 6.07) is 8.41. The molecule has 0 fully saturated rings. The highest BCUT2D eigenvalue weighted by atomic mass is 35.5. The molecule has 0 radical (unpaired) electrons. The molecule has 0 unspecified atom stereocenters. The van der Waals surface area contributed by atoms with Crippen molar-refractivity contribution in [3.05, 3.63) is 35.9 Å². The van der Waals surface area contributed by atoms with Crippen LogP contribution in [0.3, 0.4) is 0 Å². The lowest BCUT2D eigenvalue weighted by atomic mass is 10.1. The van der Waals surface area contributed by atoms with Crippen molar-refractivity contribution in [1.29, 1.82) is 0 Å². The Morgan fingerprint density at radius 1 is 1.27 bits per heavy atom. The molecule has 0 aliphatic rings. The summed E-state index contributed by atoms with van der Waals surface area (Å²) in [6.07, 6.45) is 0. The third-order valence-electron chi connectivity index (χ3n) is 1.22. The van der Waals surface area contributed by atoms with Crippen LogP contribution >= 0.6 is 12.4 Å². The molecule has 1 aromatic carbocycles. The Bertz CT molecular complexity index is 223. The van der Waals surface area contributed by atoms with Crippen LogP contribution in [-0.4, -0.2) is 12.5 Å². The number of hydrogen-bond donors (Lipinski definition) is 0. The second kappa shape index (κ2) is 4.85. The molecule has 0 aliphatic heterocycles. The van der Waals surface area contributed by atoms with Crippen molar-refractivity contribution in [2.75, 3.05) is 6.67 Å². The molecule has 1 nitrogen and oxygen atoms in total. The minimum Gasteiger partial charge on any atom is -0.291 e. The largest absolute Gasteiger partial charge is 0.291 e. The van der Waals surface area contributed by atoms with Gasteiger partial charge in [0.25, 0.3) is 0 Å². The van der Waals surface area contributed by atoms with Gasteiger partial charge >= 0.3 is 0 Å². The van der Waals surface area contributed by atoms with Crippen molar-refractivity contribution in [3.8, 4) is 0 Å². The molecule has 0 heterocycles. The molecule has 0 aromatic heterocycles. The summed E-state index contributed by atoms with van der Waals surface area (Å²) >= 11 is 0. The van der Waals surface area contributed by atoms with Gasteiger partial charge in [-0.05, 0) is 0 Å². The van der Waals surface area contributed by atoms with E-state index in [2.05, 4.69) is 0 Å². The van der Waals surface area contributed by atoms with Gasteiger partial charge in [-0.15, -0.1) is 12.4 Å². The van der Waals surface area contributed by atoms with Gasteiger partial charge in [-0.1, -0.05) is 30.3 Å². The van der Waals surface area contributed by atoms with Gasteiger partial charge in [0.2, 0.25) is 0 Å². The quantitative estimate of drug-likeness (QED) is 0.629. The van der Waals surface area contributed by atoms with Gasteiger partial charge in [-0.3, -0.25) is 4.79 Å². The van der Waals surface area contributed by atoms with Gasteiger partial charge in [-0.25, -0.2) is 4.39 Å². The first-order valence-electron chi connectivity index (χ1n) is 2.99. The molecule has 0 saturated heterocycles. The standard InChI is InChI=1S/C8H7FO.ClH/c9-6-8(10)7-4-2-1-3-5-7;/h1-5H,6H2;1H. The lowest BCUT2D eigenvalue weighted by Gasteiger charge is -1.91. The maximum atomic E-state index is 11.7. The molecule has 0 amide bonds. The van der Waals surface area contributed by atoms with E-state index in [1.165, 1.54) is 0 Å². The second-order valence-corrected chi connectivity index (χ2v) is 1.92. The van der Waals surface area contributed by atoms with Gasteiger partial charge in [0, 0.05) is 5.56 Å². The topological polar surface area (TPSA) is 17.1 Å². The molecular weight excluding hydrogens is 167 g/mol. The van der Waals surface area contributed by atoms with Crippen LogP contribution in [0.25, 0.3) is 0 Å². The maximum absolute atomic E-state index is 11.7. The molecule has 1 aromatic rings. The monoisotopic (exact) mass is 174 g/mol. The second-order valence-electron chi connectivity index (χ2n) is 1.92. The molecule has 0 aliphatic carbocycles. The molecule has 11 heavy (non-hydrogen) atoms. The fourth-order valence-corrected chi connectivity index (χ4v) is 0.701. The average Bonchev–Trinajstić information content (AvgIpc) is 2.05. The molecule has 1 rings (SSSR count). The maximum Gasteiger partial charge on any atom is 0.193 e. The summed E-state index contributed by atoms with van der Waals surface area (Å²) in [4.78, 5) is 10.6. The highest BCUT2D eigenvalue weighted by molar-refractivity contribution is 5.96. The SMILES string of the molecule is Cl.O=C(CF)c1ccccc1. The first-order valence-corrected chi connectivity index (χ1v) is 2.99. The Hall–Kier alpha value is -0.890. The van der Waals surface area contributed by atoms with E-state index in [0.29, 0.717) is 5.56 Å². The number of rotatable bonds is 2. The van der Waals surface area contributed by atoms with E-state index in [1.54, 1.807) is 30.3 Å². The minimum absolute atomic E-state index is 0. The van der Waals surface area contributed by atoms with Crippen molar-refractivity contribution in [2.24, 2.45) is 0 Å². The van der Waals surface area contributed by atoms with E-state index >= 15 is 0 Å². The number of alkyl halides is 1. The Balaban J connectivity index is 0.000001000. The third-order valence-corrected chi connectivity index (χ3v) is 1.22. The van der Waals surface area contributed by atoms with Crippen molar-refractivity contribution in [1.82, 2.24) is 0 Å². The third kappa shape index (κ3) is 2.68. The van der Waals surface area contributed by atoms with Gasteiger partial charge < -0.3 is 0 Å². The number of Topliss-reactive ketones (excluding diaryl/α,β-unsaturated/α-hetero) is 1. The van der Waals surface area contributed by atoms with Gasteiger partial charge in [0.15, 0.2) is 12.5 Å². The zero-order valence-electron chi connectivity index (χ0n) is 5.79. The minimum atomic E-state index is -0.913. The average molecular weight is 175 g/mol. The Kier molecular flexibility index (Phi) is 4.46. The summed E-state index contributed by atoms with van der Waals surface area (Å²) in [5.74, 6) is -0.458. The van der Waals surface area contributed by atoms with E-state index < -0.39 is 12.5 Å². The van der Waals surface area contributed by atoms with Crippen molar-refractivity contribution in [3.63, 3.8) is 0 Å². The summed E-state index contributed by atoms with van der Waals surface area (Å²) in [7, 11) is 0. The molecule has 3 heteroatoms. The van der Waals surface area contributed by atoms with E-state index in [-0.39, 0.29) is 12.4 Å². The predicted molar refractivity (Wildman–Crippen MR) is 44.0 cm³/mol. The summed E-state index contributed by atoms with van der Waals surface area (Å²) in [6.45, 7) is -0.913. The van der Waals surface area contributed by atoms with E-state index in [4.69, 9.17) is 0 Å². The number of benzene rings is 1. The fourth-order valence-electron chi connectivity index (χ4n) is 0.701. The van der Waals surface area contributed by atoms with Crippen molar-refractivity contribution in [2.45, 2.75) is 0 Å². The van der Waals surface area contributed by atoms with Gasteiger partial charge in [-0.2, -0.15) is 0 Å². The zero-order chi connectivity index (χ0) is 7.40. The van der Waals surface area contributed by atoms with Crippen LogP contribution < -0.4 is 0 Å². The summed E-state index contributed by atoms with van der Waals surface area (Å²) in [5, 5.41) is 0. The Labute approximate surface area is 70.6 Å². The van der Waals surface area contributed by atoms with Crippen LogP contribution in [0.2, 0.25) is 0 Å². The lowest BCUT2D eigenvalue weighted by molar-refractivity contribution is 0.0958. The smallest absolute Gasteiger partial charge is 0.193 e. The molecular formula is C8H8ClFO. The predicted octanol–water partition coefficient (Wildman–Crippen LogP) is 2.26. The zero-order valence-corrected chi connectivity index (χ0v) is 6.60. The Morgan fingerprint density at radius 2 is 1.82 bits per heavy atom. The first-order chi connectivity index (χ1) is 4.84. The van der Waals surface area contributed by atoms with E-state index in [1.807, 2.05) is 0 Å². The first kappa shape index (κ1) is 10.1. The molecule has 0 atom stereocenters. The van der Waals surface area contributed by atoms with Crippen LogP contribution in [0, 0.1) is 0 Å². The van der Waals surface area contributed by atoms with Crippen molar-refractivity contribution >= 4 is 18.2 Å². The molecule has 0 bridgehead atoms. The van der Waals surface area contributed by atoms with Crippen molar-refractivity contribution < 1.29 is 9.18 Å². The highest BCUT2D eigenvalue weighted by Gasteiger charge is 2.01.